The quantitative estimate of drug-likeness (QED) is 0.884. The van der Waals surface area contributed by atoms with Crippen LogP contribution in [0.5, 0.6) is 5.75 Å². The molecule has 3 rings (SSSR count). The molecule has 0 amide bonds. The molecule has 1 aliphatic rings. The summed E-state index contributed by atoms with van der Waals surface area (Å²) in [7, 11) is 4.14. The third kappa shape index (κ3) is 3.05. The second kappa shape index (κ2) is 6.41. The van der Waals surface area contributed by atoms with Gasteiger partial charge in [0.25, 0.3) is 0 Å². The number of phenolic OH excluding ortho intramolecular Hbond substituents is 1. The molecule has 0 aromatic heterocycles. The maximum atomic E-state index is 10.3. The number of aromatic hydroxyl groups is 1. The van der Waals surface area contributed by atoms with Crippen molar-refractivity contribution in [2.45, 2.75) is 16.2 Å². The van der Waals surface area contributed by atoms with Crippen LogP contribution in [-0.4, -0.2) is 37.2 Å². The highest BCUT2D eigenvalue weighted by atomic mass is 35.5. The van der Waals surface area contributed by atoms with Gasteiger partial charge in [-0.1, -0.05) is 29.4 Å². The average molecular weight is 335 g/mol. The summed E-state index contributed by atoms with van der Waals surface area (Å²) < 4.78 is 0. The van der Waals surface area contributed by atoms with Gasteiger partial charge in [0.1, 0.15) is 5.75 Å². The average Bonchev–Trinajstić information content (AvgIpc) is 2.47. The Morgan fingerprint density at radius 1 is 1.18 bits per heavy atom. The molecule has 3 nitrogen and oxygen atoms in total. The Bertz CT molecular complexity index is 690. The predicted octanol–water partition coefficient (Wildman–Crippen LogP) is 4.60. The van der Waals surface area contributed by atoms with E-state index >= 15 is 0 Å². The number of hydrogen-bond acceptors (Lipinski definition) is 4. The van der Waals surface area contributed by atoms with E-state index in [2.05, 4.69) is 30.0 Å². The van der Waals surface area contributed by atoms with E-state index in [1.807, 2.05) is 24.3 Å². The number of anilines is 2. The Kier molecular flexibility index (Phi) is 4.52. The van der Waals surface area contributed by atoms with Gasteiger partial charge < -0.3 is 14.9 Å². The lowest BCUT2D eigenvalue weighted by Gasteiger charge is -2.33. The molecule has 1 aliphatic heterocycles. The zero-order chi connectivity index (χ0) is 15.7. The number of nitrogens with zero attached hydrogens (tertiary/aromatic N) is 2. The fourth-order valence-corrected chi connectivity index (χ4v) is 3.94. The van der Waals surface area contributed by atoms with E-state index < -0.39 is 0 Å². The van der Waals surface area contributed by atoms with Crippen molar-refractivity contribution in [3.05, 3.63) is 41.4 Å². The van der Waals surface area contributed by atoms with E-state index in [1.54, 1.807) is 17.8 Å². The summed E-state index contributed by atoms with van der Waals surface area (Å²) in [5.41, 5.74) is 1.96. The van der Waals surface area contributed by atoms with Crippen molar-refractivity contribution >= 4 is 34.7 Å². The van der Waals surface area contributed by atoms with Gasteiger partial charge in [-0.15, -0.1) is 0 Å². The lowest BCUT2D eigenvalue weighted by Crippen LogP contribution is -2.25. The minimum absolute atomic E-state index is 0.320. The molecule has 0 saturated heterocycles. The highest BCUT2D eigenvalue weighted by molar-refractivity contribution is 7.99. The molecule has 0 unspecified atom stereocenters. The zero-order valence-electron chi connectivity index (χ0n) is 12.7. The molecule has 0 fully saturated rings. The standard InChI is InChI=1S/C17H19ClN2OS/c1-19(2)9-4-10-20-13-11-12(18)7-8-15(13)22-16-6-3-5-14(21)17(16)20/h3,5-8,11,21H,4,9-10H2,1-2H3. The highest BCUT2D eigenvalue weighted by Crippen LogP contribution is 2.51. The Hall–Kier alpha value is -1.36. The van der Waals surface area contributed by atoms with Gasteiger partial charge in [0.2, 0.25) is 0 Å². The topological polar surface area (TPSA) is 26.7 Å². The fraction of sp³-hybridized carbons (Fsp3) is 0.294. The highest BCUT2D eigenvalue weighted by Gasteiger charge is 2.25. The van der Waals surface area contributed by atoms with E-state index in [4.69, 9.17) is 11.6 Å². The van der Waals surface area contributed by atoms with Gasteiger partial charge in [-0.25, -0.2) is 0 Å². The Morgan fingerprint density at radius 3 is 2.77 bits per heavy atom. The molecule has 116 valence electrons. The molecule has 1 heterocycles. The summed E-state index contributed by atoms with van der Waals surface area (Å²) >= 11 is 7.86. The van der Waals surface area contributed by atoms with E-state index in [0.717, 1.165) is 40.8 Å². The first kappa shape index (κ1) is 15.5. The number of fused-ring (bicyclic) bond motifs is 2. The van der Waals surface area contributed by atoms with Gasteiger partial charge in [0.05, 0.1) is 11.4 Å². The van der Waals surface area contributed by atoms with Crippen molar-refractivity contribution in [3.63, 3.8) is 0 Å². The Morgan fingerprint density at radius 2 is 2.00 bits per heavy atom. The molecule has 22 heavy (non-hydrogen) atoms. The smallest absolute Gasteiger partial charge is 0.140 e. The monoisotopic (exact) mass is 334 g/mol. The van der Waals surface area contributed by atoms with Gasteiger partial charge >= 0.3 is 0 Å². The summed E-state index contributed by atoms with van der Waals surface area (Å²) in [6.45, 7) is 1.85. The van der Waals surface area contributed by atoms with Crippen molar-refractivity contribution in [3.8, 4) is 5.75 Å². The first-order valence-corrected chi connectivity index (χ1v) is 8.47. The van der Waals surface area contributed by atoms with Crippen molar-refractivity contribution in [1.29, 1.82) is 0 Å². The number of rotatable bonds is 4. The van der Waals surface area contributed by atoms with E-state index in [-0.39, 0.29) is 0 Å². The van der Waals surface area contributed by atoms with Gasteiger partial charge in [0, 0.05) is 21.4 Å². The summed E-state index contributed by atoms with van der Waals surface area (Å²) in [5, 5.41) is 11.1. The summed E-state index contributed by atoms with van der Waals surface area (Å²) in [6, 6.07) is 11.6. The minimum atomic E-state index is 0.320. The van der Waals surface area contributed by atoms with Gasteiger partial charge in [-0.05, 0) is 57.4 Å². The second-order valence-electron chi connectivity index (χ2n) is 5.65. The van der Waals surface area contributed by atoms with Crippen molar-refractivity contribution in [1.82, 2.24) is 4.90 Å². The van der Waals surface area contributed by atoms with Crippen molar-refractivity contribution in [2.24, 2.45) is 0 Å². The third-order valence-electron chi connectivity index (χ3n) is 3.67. The van der Waals surface area contributed by atoms with Crippen LogP contribution in [0.15, 0.2) is 46.2 Å². The van der Waals surface area contributed by atoms with Gasteiger partial charge in [0.15, 0.2) is 0 Å². The fourth-order valence-electron chi connectivity index (χ4n) is 2.67. The van der Waals surface area contributed by atoms with E-state index in [9.17, 15) is 5.11 Å². The minimum Gasteiger partial charge on any atom is -0.506 e. The Labute approximate surface area is 140 Å². The first-order valence-electron chi connectivity index (χ1n) is 7.28. The largest absolute Gasteiger partial charge is 0.506 e. The summed E-state index contributed by atoms with van der Waals surface area (Å²) in [5.74, 6) is 0.320. The van der Waals surface area contributed by atoms with Crippen LogP contribution in [0.1, 0.15) is 6.42 Å². The molecule has 2 aromatic carbocycles. The predicted molar refractivity (Wildman–Crippen MR) is 93.9 cm³/mol. The molecule has 2 aromatic rings. The normalized spacial score (nSPS) is 13.2. The lowest BCUT2D eigenvalue weighted by atomic mass is 10.2. The molecule has 1 N–H and O–H groups in total. The van der Waals surface area contributed by atoms with Crippen LogP contribution in [0.3, 0.4) is 0 Å². The van der Waals surface area contributed by atoms with Crippen molar-refractivity contribution in [2.75, 3.05) is 32.1 Å². The van der Waals surface area contributed by atoms with Crippen LogP contribution in [-0.2, 0) is 0 Å². The molecule has 5 heteroatoms. The summed E-state index contributed by atoms with van der Waals surface area (Å²) in [4.78, 5) is 6.61. The van der Waals surface area contributed by atoms with Crippen LogP contribution in [0.2, 0.25) is 5.02 Å². The SMILES string of the molecule is CN(C)CCCN1c2cc(Cl)ccc2Sc2cccc(O)c21. The van der Waals surface area contributed by atoms with Gasteiger partial charge in [-0.2, -0.15) is 0 Å². The molecule has 0 saturated carbocycles. The second-order valence-corrected chi connectivity index (χ2v) is 7.17. The number of phenols is 1. The Balaban J connectivity index is 2.00. The number of benzene rings is 2. The van der Waals surface area contributed by atoms with Crippen LogP contribution in [0, 0.1) is 0 Å². The number of para-hydroxylation sites is 1. The van der Waals surface area contributed by atoms with Crippen molar-refractivity contribution < 1.29 is 5.11 Å². The maximum absolute atomic E-state index is 10.3. The number of hydrogen-bond donors (Lipinski definition) is 1. The van der Waals surface area contributed by atoms with Crippen LogP contribution >= 0.6 is 23.4 Å². The molecular weight excluding hydrogens is 316 g/mol. The molecular formula is C17H19ClN2OS. The van der Waals surface area contributed by atoms with Crippen LogP contribution in [0.4, 0.5) is 11.4 Å². The first-order chi connectivity index (χ1) is 10.6. The zero-order valence-corrected chi connectivity index (χ0v) is 14.3. The maximum Gasteiger partial charge on any atom is 0.140 e. The van der Waals surface area contributed by atoms with E-state index in [1.165, 1.54) is 4.90 Å². The van der Waals surface area contributed by atoms with E-state index in [0.29, 0.717) is 5.75 Å². The molecule has 0 atom stereocenters. The van der Waals surface area contributed by atoms with Gasteiger partial charge in [-0.3, -0.25) is 0 Å². The molecule has 0 spiro atoms. The summed E-state index contributed by atoms with van der Waals surface area (Å²) in [6.07, 6.45) is 1.01. The number of halogens is 1. The lowest BCUT2D eigenvalue weighted by molar-refractivity contribution is 0.402. The molecule has 0 radical (unpaired) electrons. The van der Waals surface area contributed by atoms with Crippen LogP contribution < -0.4 is 4.90 Å². The molecule has 0 bridgehead atoms. The third-order valence-corrected chi connectivity index (χ3v) is 5.02. The molecule has 0 aliphatic carbocycles. The van der Waals surface area contributed by atoms with Crippen LogP contribution in [0.25, 0.3) is 0 Å².